The lowest BCUT2D eigenvalue weighted by molar-refractivity contribution is 0.101. The summed E-state index contributed by atoms with van der Waals surface area (Å²) in [6.07, 6.45) is 3.03. The van der Waals surface area contributed by atoms with Gasteiger partial charge < -0.3 is 14.0 Å². The number of carbonyl (C=O) groups is 1. The van der Waals surface area contributed by atoms with Crippen molar-refractivity contribution in [2.24, 2.45) is 7.05 Å². The zero-order valence-corrected chi connectivity index (χ0v) is 12.5. The zero-order chi connectivity index (χ0) is 15.2. The van der Waals surface area contributed by atoms with Gasteiger partial charge in [-0.15, -0.1) is 11.3 Å². The van der Waals surface area contributed by atoms with E-state index in [4.69, 9.17) is 9.47 Å². The number of amides is 1. The smallest absolute Gasteiger partial charge is 0.262 e. The van der Waals surface area contributed by atoms with Gasteiger partial charge in [0.05, 0.1) is 12.2 Å². The standard InChI is InChI=1S/C13H15N3O4S/c1-16-8-9(12(18)15-13-14-3-6-21-13)10(7-11(16)17)20-5-4-19-2/h3,6-8H,4-5H2,1-2H3,(H,14,15,18). The summed E-state index contributed by atoms with van der Waals surface area (Å²) in [5.41, 5.74) is 0.0108. The first-order chi connectivity index (χ1) is 10.1. The van der Waals surface area contributed by atoms with E-state index in [9.17, 15) is 9.59 Å². The average molecular weight is 309 g/mol. The molecule has 0 aliphatic rings. The third kappa shape index (κ3) is 3.89. The van der Waals surface area contributed by atoms with Crippen molar-refractivity contribution in [2.75, 3.05) is 25.6 Å². The SMILES string of the molecule is COCCOc1cc(=O)n(C)cc1C(=O)Nc1nccs1. The van der Waals surface area contributed by atoms with E-state index in [1.54, 1.807) is 25.7 Å². The van der Waals surface area contributed by atoms with Gasteiger partial charge in [-0.25, -0.2) is 4.98 Å². The van der Waals surface area contributed by atoms with Crippen LogP contribution in [0.4, 0.5) is 5.13 Å². The Hall–Kier alpha value is -2.19. The number of carbonyl (C=O) groups excluding carboxylic acids is 1. The topological polar surface area (TPSA) is 82.5 Å². The van der Waals surface area contributed by atoms with E-state index >= 15 is 0 Å². The van der Waals surface area contributed by atoms with E-state index < -0.39 is 0 Å². The summed E-state index contributed by atoms with van der Waals surface area (Å²) in [5.74, 6) is -0.155. The van der Waals surface area contributed by atoms with Crippen LogP contribution in [0.2, 0.25) is 0 Å². The van der Waals surface area contributed by atoms with Gasteiger partial charge in [-0.1, -0.05) is 0 Å². The lowest BCUT2D eigenvalue weighted by Gasteiger charge is -2.11. The first-order valence-electron chi connectivity index (χ1n) is 6.15. The summed E-state index contributed by atoms with van der Waals surface area (Å²) in [7, 11) is 3.12. The molecule has 0 bridgehead atoms. The summed E-state index contributed by atoms with van der Waals surface area (Å²) in [5, 5.41) is 4.90. The minimum Gasteiger partial charge on any atom is -0.490 e. The molecule has 2 aromatic heterocycles. The highest BCUT2D eigenvalue weighted by Gasteiger charge is 2.16. The molecule has 112 valence electrons. The lowest BCUT2D eigenvalue weighted by Crippen LogP contribution is -2.22. The summed E-state index contributed by atoms with van der Waals surface area (Å²) < 4.78 is 11.6. The summed E-state index contributed by atoms with van der Waals surface area (Å²) in [6.45, 7) is 0.615. The van der Waals surface area contributed by atoms with E-state index in [0.29, 0.717) is 11.7 Å². The fourth-order valence-corrected chi connectivity index (χ4v) is 2.11. The van der Waals surface area contributed by atoms with Crippen LogP contribution < -0.4 is 15.6 Å². The molecule has 0 aromatic carbocycles. The van der Waals surface area contributed by atoms with Crippen LogP contribution >= 0.6 is 11.3 Å². The van der Waals surface area contributed by atoms with Crippen LogP contribution in [0.5, 0.6) is 5.75 Å². The predicted molar refractivity (Wildman–Crippen MR) is 79.1 cm³/mol. The lowest BCUT2D eigenvalue weighted by atomic mass is 10.2. The van der Waals surface area contributed by atoms with Crippen molar-refractivity contribution in [3.05, 3.63) is 39.8 Å². The predicted octanol–water partition coefficient (Wildman–Crippen LogP) is 1.12. The Morgan fingerprint density at radius 2 is 2.29 bits per heavy atom. The molecule has 21 heavy (non-hydrogen) atoms. The second-order valence-corrected chi connectivity index (χ2v) is 5.03. The molecule has 7 nitrogen and oxygen atoms in total. The molecular formula is C13H15N3O4S. The van der Waals surface area contributed by atoms with Gasteiger partial charge >= 0.3 is 0 Å². The van der Waals surface area contributed by atoms with Gasteiger partial charge in [-0.2, -0.15) is 0 Å². The highest BCUT2D eigenvalue weighted by molar-refractivity contribution is 7.13. The van der Waals surface area contributed by atoms with E-state index in [-0.39, 0.29) is 29.4 Å². The number of pyridine rings is 1. The number of nitrogens with zero attached hydrogens (tertiary/aromatic N) is 2. The third-order valence-corrected chi connectivity index (χ3v) is 3.32. The number of hydrogen-bond donors (Lipinski definition) is 1. The maximum Gasteiger partial charge on any atom is 0.262 e. The maximum atomic E-state index is 12.3. The molecular weight excluding hydrogens is 294 g/mol. The van der Waals surface area contributed by atoms with Crippen LogP contribution in [0.3, 0.4) is 0 Å². The molecule has 2 heterocycles. The Balaban J connectivity index is 2.25. The van der Waals surface area contributed by atoms with Gasteiger partial charge in [0.2, 0.25) is 0 Å². The van der Waals surface area contributed by atoms with E-state index in [1.165, 1.54) is 28.2 Å². The largest absolute Gasteiger partial charge is 0.490 e. The monoisotopic (exact) mass is 309 g/mol. The number of hydrogen-bond acceptors (Lipinski definition) is 6. The zero-order valence-electron chi connectivity index (χ0n) is 11.7. The van der Waals surface area contributed by atoms with Crippen LogP contribution in [-0.4, -0.2) is 35.8 Å². The Labute approximate surface area is 125 Å². The van der Waals surface area contributed by atoms with Gasteiger partial charge in [0.25, 0.3) is 11.5 Å². The molecule has 1 N–H and O–H groups in total. The summed E-state index contributed by atoms with van der Waals surface area (Å²) >= 11 is 1.31. The van der Waals surface area contributed by atoms with Crippen molar-refractivity contribution in [2.45, 2.75) is 0 Å². The van der Waals surface area contributed by atoms with E-state index in [0.717, 1.165) is 0 Å². The minimum atomic E-state index is -0.382. The molecule has 0 saturated carbocycles. The molecule has 0 radical (unpaired) electrons. The molecule has 0 saturated heterocycles. The highest BCUT2D eigenvalue weighted by Crippen LogP contribution is 2.18. The van der Waals surface area contributed by atoms with Gasteiger partial charge in [-0.3, -0.25) is 14.9 Å². The Morgan fingerprint density at radius 3 is 2.95 bits per heavy atom. The Kier molecular flexibility index (Phi) is 5.07. The van der Waals surface area contributed by atoms with Gasteiger partial charge in [0.15, 0.2) is 5.13 Å². The number of methoxy groups -OCH3 is 1. The first kappa shape index (κ1) is 15.2. The van der Waals surface area contributed by atoms with Crippen molar-refractivity contribution < 1.29 is 14.3 Å². The molecule has 2 aromatic rings. The number of anilines is 1. The number of aryl methyl sites for hydroxylation is 1. The van der Waals surface area contributed by atoms with Crippen LogP contribution in [0.1, 0.15) is 10.4 Å². The number of aromatic nitrogens is 2. The van der Waals surface area contributed by atoms with Crippen molar-refractivity contribution in [1.29, 1.82) is 0 Å². The number of nitrogens with one attached hydrogen (secondary N) is 1. The molecule has 0 fully saturated rings. The fourth-order valence-electron chi connectivity index (χ4n) is 1.59. The Morgan fingerprint density at radius 1 is 1.48 bits per heavy atom. The van der Waals surface area contributed by atoms with Crippen LogP contribution in [0.15, 0.2) is 28.6 Å². The molecule has 8 heteroatoms. The van der Waals surface area contributed by atoms with Gasteiger partial charge in [-0.05, 0) is 0 Å². The summed E-state index contributed by atoms with van der Waals surface area (Å²) in [6, 6.07) is 1.28. The average Bonchev–Trinajstić information content (AvgIpc) is 2.95. The Bertz CT molecular complexity index is 667. The second-order valence-electron chi connectivity index (χ2n) is 4.13. The summed E-state index contributed by atoms with van der Waals surface area (Å²) in [4.78, 5) is 27.9. The molecule has 0 spiro atoms. The molecule has 0 aliphatic heterocycles. The van der Waals surface area contributed by atoms with Crippen molar-refractivity contribution >= 4 is 22.4 Å². The van der Waals surface area contributed by atoms with E-state index in [2.05, 4.69) is 10.3 Å². The first-order valence-corrected chi connectivity index (χ1v) is 7.03. The minimum absolute atomic E-state index is 0.226. The van der Waals surface area contributed by atoms with Crippen molar-refractivity contribution in [1.82, 2.24) is 9.55 Å². The van der Waals surface area contributed by atoms with Crippen LogP contribution in [-0.2, 0) is 11.8 Å². The number of rotatable bonds is 6. The molecule has 0 aliphatic carbocycles. The van der Waals surface area contributed by atoms with Crippen LogP contribution in [0.25, 0.3) is 0 Å². The highest BCUT2D eigenvalue weighted by atomic mass is 32.1. The fraction of sp³-hybridized carbons (Fsp3) is 0.308. The van der Waals surface area contributed by atoms with Crippen molar-refractivity contribution in [3.8, 4) is 5.75 Å². The third-order valence-electron chi connectivity index (χ3n) is 2.63. The second kappa shape index (κ2) is 7.00. The van der Waals surface area contributed by atoms with Crippen molar-refractivity contribution in [3.63, 3.8) is 0 Å². The maximum absolute atomic E-state index is 12.3. The number of thiazole rings is 1. The molecule has 0 unspecified atom stereocenters. The molecule has 1 amide bonds. The molecule has 2 rings (SSSR count). The molecule has 0 atom stereocenters. The van der Waals surface area contributed by atoms with E-state index in [1.807, 2.05) is 0 Å². The normalized spacial score (nSPS) is 10.4. The van der Waals surface area contributed by atoms with Gasteiger partial charge in [0.1, 0.15) is 12.4 Å². The van der Waals surface area contributed by atoms with Gasteiger partial charge in [0, 0.05) is 38.0 Å². The quantitative estimate of drug-likeness (QED) is 0.809. The number of ether oxygens (including phenoxy) is 2. The van der Waals surface area contributed by atoms with Crippen LogP contribution in [0, 0.1) is 0 Å².